The summed E-state index contributed by atoms with van der Waals surface area (Å²) in [6.07, 6.45) is 0.297. The van der Waals surface area contributed by atoms with Crippen molar-refractivity contribution in [1.82, 2.24) is 0 Å². The van der Waals surface area contributed by atoms with E-state index in [0.29, 0.717) is 22.9 Å². The third kappa shape index (κ3) is 5.01. The molecule has 0 radical (unpaired) electrons. The minimum Gasteiger partial charge on any atom is -0.505 e. The number of nitroso groups, excluding NO2 is 1. The summed E-state index contributed by atoms with van der Waals surface area (Å²) in [4.78, 5) is 24.6. The van der Waals surface area contributed by atoms with E-state index in [9.17, 15) is 19.2 Å². The van der Waals surface area contributed by atoms with Crippen molar-refractivity contribution in [3.05, 3.63) is 99.6 Å². The number of nitrogens with zero attached hydrogens (tertiary/aromatic N) is 1. The van der Waals surface area contributed by atoms with Crippen molar-refractivity contribution in [3.63, 3.8) is 0 Å². The van der Waals surface area contributed by atoms with Gasteiger partial charge in [-0.1, -0.05) is 54.6 Å². The quantitative estimate of drug-likeness (QED) is 0.196. The van der Waals surface area contributed by atoms with Crippen LogP contribution in [0.3, 0.4) is 0 Å². The predicted octanol–water partition coefficient (Wildman–Crippen LogP) is 6.51. The van der Waals surface area contributed by atoms with Gasteiger partial charge in [0, 0.05) is 22.9 Å². The fourth-order valence-electron chi connectivity index (χ4n) is 3.58. The molecule has 1 amide bonds. The second kappa shape index (κ2) is 9.79. The third-order valence-corrected chi connectivity index (χ3v) is 5.82. The summed E-state index contributed by atoms with van der Waals surface area (Å²) in [7, 11) is 0. The molecular formula is C25H19BrFN3O3. The van der Waals surface area contributed by atoms with Gasteiger partial charge in [-0.2, -0.15) is 0 Å². The molecule has 4 rings (SSSR count). The molecule has 166 valence electrons. The number of amides is 1. The van der Waals surface area contributed by atoms with E-state index in [4.69, 9.17) is 0 Å². The van der Waals surface area contributed by atoms with Crippen LogP contribution >= 0.6 is 15.9 Å². The number of halogens is 2. The third-order valence-electron chi connectivity index (χ3n) is 5.21. The van der Waals surface area contributed by atoms with Gasteiger partial charge >= 0.3 is 0 Å². The highest BCUT2D eigenvalue weighted by Gasteiger charge is 2.22. The lowest BCUT2D eigenvalue weighted by molar-refractivity contribution is -0.116. The Bertz CT molecular complexity index is 1330. The fraction of sp³-hybridized carbons (Fsp3) is 0.0800. The molecule has 0 aromatic heterocycles. The van der Waals surface area contributed by atoms with Crippen molar-refractivity contribution in [2.45, 2.75) is 12.5 Å². The molecule has 0 saturated heterocycles. The summed E-state index contributed by atoms with van der Waals surface area (Å²) in [6.45, 7) is 0. The molecule has 0 fully saturated rings. The lowest BCUT2D eigenvalue weighted by Crippen LogP contribution is -2.36. The van der Waals surface area contributed by atoms with Crippen LogP contribution < -0.4 is 10.6 Å². The van der Waals surface area contributed by atoms with Crippen LogP contribution in [-0.4, -0.2) is 17.1 Å². The minimum absolute atomic E-state index is 0.0895. The van der Waals surface area contributed by atoms with Crippen LogP contribution in [0.15, 0.2) is 88.5 Å². The number of carbonyl (C=O) groups is 1. The Hall–Kier alpha value is -3.78. The number of phenols is 1. The molecule has 6 nitrogen and oxygen atoms in total. The fourth-order valence-corrected chi connectivity index (χ4v) is 3.96. The molecule has 0 aliphatic heterocycles. The van der Waals surface area contributed by atoms with Crippen molar-refractivity contribution in [2.75, 3.05) is 10.6 Å². The maximum atomic E-state index is 13.6. The molecule has 0 spiro atoms. The zero-order valence-electron chi connectivity index (χ0n) is 17.3. The molecule has 0 unspecified atom stereocenters. The van der Waals surface area contributed by atoms with Crippen molar-refractivity contribution >= 4 is 49.7 Å². The number of nitrogens with one attached hydrogen (secondary N) is 2. The SMILES string of the molecule is O=Nc1cc(N[C@H](Cc2ccccc2)C(=O)Nc2ccc(F)c(Br)c2)c(O)c2ccccc12. The molecule has 3 N–H and O–H groups in total. The monoisotopic (exact) mass is 507 g/mol. The molecule has 4 aromatic carbocycles. The first-order valence-electron chi connectivity index (χ1n) is 10.1. The van der Waals surface area contributed by atoms with Crippen molar-refractivity contribution in [1.29, 1.82) is 0 Å². The number of fused-ring (bicyclic) bond motifs is 1. The van der Waals surface area contributed by atoms with Crippen molar-refractivity contribution in [3.8, 4) is 5.75 Å². The molecule has 0 bridgehead atoms. The average molecular weight is 508 g/mol. The second-order valence-corrected chi connectivity index (χ2v) is 8.29. The average Bonchev–Trinajstić information content (AvgIpc) is 2.83. The summed E-state index contributed by atoms with van der Waals surface area (Å²) in [5, 5.41) is 20.7. The highest BCUT2D eigenvalue weighted by Crippen LogP contribution is 2.39. The van der Waals surface area contributed by atoms with E-state index in [1.165, 1.54) is 24.3 Å². The molecule has 1 atom stereocenters. The first-order chi connectivity index (χ1) is 16.0. The van der Waals surface area contributed by atoms with E-state index in [2.05, 4.69) is 31.7 Å². The molecule has 0 aliphatic carbocycles. The van der Waals surface area contributed by atoms with Crippen LogP contribution in [0.25, 0.3) is 10.8 Å². The summed E-state index contributed by atoms with van der Waals surface area (Å²) in [6, 6.07) is 21.0. The van der Waals surface area contributed by atoms with Crippen LogP contribution in [0.2, 0.25) is 0 Å². The Morgan fingerprint density at radius 3 is 2.39 bits per heavy atom. The van der Waals surface area contributed by atoms with Crippen molar-refractivity contribution < 1.29 is 14.3 Å². The molecular weight excluding hydrogens is 489 g/mol. The Kier molecular flexibility index (Phi) is 6.65. The lowest BCUT2D eigenvalue weighted by Gasteiger charge is -2.21. The summed E-state index contributed by atoms with van der Waals surface area (Å²) in [5.74, 6) is -0.930. The number of anilines is 2. The van der Waals surface area contributed by atoms with Gasteiger partial charge in [0.1, 0.15) is 23.3 Å². The van der Waals surface area contributed by atoms with E-state index in [1.807, 2.05) is 30.3 Å². The topological polar surface area (TPSA) is 90.8 Å². The van der Waals surface area contributed by atoms with Gasteiger partial charge in [0.05, 0.1) is 10.2 Å². The minimum atomic E-state index is -0.817. The van der Waals surface area contributed by atoms with Gasteiger partial charge in [0.2, 0.25) is 5.91 Å². The Balaban J connectivity index is 1.69. The smallest absolute Gasteiger partial charge is 0.247 e. The van der Waals surface area contributed by atoms with Gasteiger partial charge in [-0.25, -0.2) is 4.39 Å². The zero-order valence-corrected chi connectivity index (χ0v) is 18.8. The number of phenolic OH excluding ortho intramolecular Hbond substituents is 1. The van der Waals surface area contributed by atoms with Crippen molar-refractivity contribution in [2.24, 2.45) is 5.18 Å². The van der Waals surface area contributed by atoms with E-state index in [-0.39, 0.29) is 21.6 Å². The summed E-state index contributed by atoms with van der Waals surface area (Å²) >= 11 is 3.11. The standard InChI is InChI=1S/C25H19BrFN3O3/c26-19-13-16(10-11-20(19)27)28-25(32)23(12-15-6-2-1-3-7-15)29-22-14-21(30-33)17-8-4-5-9-18(17)24(22)31/h1-11,13-14,23,29,31H,12H2,(H,28,32)/t23-/m1/s1. The van der Waals surface area contributed by atoms with Gasteiger partial charge in [-0.05, 0) is 50.9 Å². The van der Waals surface area contributed by atoms with Crippen LogP contribution in [-0.2, 0) is 11.2 Å². The molecule has 0 heterocycles. The number of rotatable bonds is 7. The van der Waals surface area contributed by atoms with E-state index < -0.39 is 17.8 Å². The number of hydrogen-bond donors (Lipinski definition) is 3. The van der Waals surface area contributed by atoms with Crippen LogP contribution in [0.5, 0.6) is 5.75 Å². The van der Waals surface area contributed by atoms with Gasteiger partial charge in [0.15, 0.2) is 0 Å². The summed E-state index contributed by atoms with van der Waals surface area (Å²) in [5.41, 5.74) is 1.65. The highest BCUT2D eigenvalue weighted by molar-refractivity contribution is 9.10. The molecule has 0 aliphatic rings. The lowest BCUT2D eigenvalue weighted by atomic mass is 10.0. The van der Waals surface area contributed by atoms with E-state index >= 15 is 0 Å². The largest absolute Gasteiger partial charge is 0.505 e. The van der Waals surface area contributed by atoms with Gasteiger partial charge in [0.25, 0.3) is 0 Å². The van der Waals surface area contributed by atoms with Gasteiger partial charge in [-0.15, -0.1) is 4.91 Å². The van der Waals surface area contributed by atoms with E-state index in [1.54, 1.807) is 24.3 Å². The maximum absolute atomic E-state index is 13.6. The number of benzene rings is 4. The first kappa shape index (κ1) is 22.4. The predicted molar refractivity (Wildman–Crippen MR) is 131 cm³/mol. The van der Waals surface area contributed by atoms with Crippen LogP contribution in [0.1, 0.15) is 5.56 Å². The van der Waals surface area contributed by atoms with Gasteiger partial charge < -0.3 is 15.7 Å². The molecule has 0 saturated carbocycles. The maximum Gasteiger partial charge on any atom is 0.247 e. The normalized spacial score (nSPS) is 11.7. The number of aromatic hydroxyl groups is 1. The highest BCUT2D eigenvalue weighted by atomic mass is 79.9. The molecule has 4 aromatic rings. The Labute approximate surface area is 197 Å². The second-order valence-electron chi connectivity index (χ2n) is 7.43. The van der Waals surface area contributed by atoms with Crippen LogP contribution in [0.4, 0.5) is 21.5 Å². The number of hydrogen-bond acceptors (Lipinski definition) is 5. The van der Waals surface area contributed by atoms with E-state index in [0.717, 1.165) is 5.56 Å². The molecule has 33 heavy (non-hydrogen) atoms. The van der Waals surface area contributed by atoms with Crippen LogP contribution in [0, 0.1) is 10.7 Å². The molecule has 8 heteroatoms. The Morgan fingerprint density at radius 1 is 1.00 bits per heavy atom. The Morgan fingerprint density at radius 2 is 1.70 bits per heavy atom. The first-order valence-corrected chi connectivity index (χ1v) is 10.9. The summed E-state index contributed by atoms with van der Waals surface area (Å²) < 4.78 is 13.8. The number of carbonyl (C=O) groups excluding carboxylic acids is 1. The van der Waals surface area contributed by atoms with Gasteiger partial charge in [-0.3, -0.25) is 4.79 Å². The zero-order chi connectivity index (χ0) is 23.4.